The average Bonchev–Trinajstić information content (AvgIpc) is 1.99. The molecule has 0 amide bonds. The van der Waals surface area contributed by atoms with Crippen molar-refractivity contribution in [1.29, 1.82) is 0 Å². The van der Waals surface area contributed by atoms with Crippen molar-refractivity contribution in [3.63, 3.8) is 0 Å². The molecule has 2 nitrogen and oxygen atoms in total. The highest BCUT2D eigenvalue weighted by Crippen LogP contribution is 2.37. The quantitative estimate of drug-likeness (QED) is 0.672. The van der Waals surface area contributed by atoms with Crippen molar-refractivity contribution in [1.82, 2.24) is 0 Å². The number of thiol groups is 1. The topological polar surface area (TPSA) is 37.3 Å². The summed E-state index contributed by atoms with van der Waals surface area (Å²) < 4.78 is 0. The van der Waals surface area contributed by atoms with Crippen LogP contribution in [0.2, 0.25) is 0 Å². The zero-order chi connectivity index (χ0) is 11.4. The van der Waals surface area contributed by atoms with Crippen LogP contribution in [0.25, 0.3) is 0 Å². The van der Waals surface area contributed by atoms with Gasteiger partial charge in [0, 0.05) is 6.42 Å². The summed E-state index contributed by atoms with van der Waals surface area (Å²) in [6.07, 6.45) is 2.01. The monoisotopic (exact) mass is 218 g/mol. The zero-order valence-electron chi connectivity index (χ0n) is 9.63. The molecule has 0 aromatic carbocycles. The van der Waals surface area contributed by atoms with Crippen molar-refractivity contribution in [2.45, 2.75) is 47.0 Å². The molecule has 0 aliphatic carbocycles. The fourth-order valence-corrected chi connectivity index (χ4v) is 2.00. The number of hydrogen-bond donors (Lipinski definition) is 2. The molecular weight excluding hydrogens is 196 g/mol. The maximum atomic E-state index is 10.5. The molecule has 0 radical (unpaired) electrons. The van der Waals surface area contributed by atoms with E-state index in [9.17, 15) is 4.79 Å². The Hall–Kier alpha value is -0.180. The first-order chi connectivity index (χ1) is 6.18. The molecule has 0 bridgehead atoms. The maximum Gasteiger partial charge on any atom is 0.303 e. The van der Waals surface area contributed by atoms with Gasteiger partial charge in [0.25, 0.3) is 0 Å². The molecule has 0 saturated carbocycles. The van der Waals surface area contributed by atoms with Crippen molar-refractivity contribution in [3.05, 3.63) is 0 Å². The van der Waals surface area contributed by atoms with Crippen molar-refractivity contribution in [2.24, 2.45) is 10.8 Å². The molecule has 0 unspecified atom stereocenters. The minimum atomic E-state index is -0.707. The van der Waals surface area contributed by atoms with E-state index in [1.165, 1.54) is 0 Å². The van der Waals surface area contributed by atoms with E-state index in [1.807, 2.05) is 0 Å². The lowest BCUT2D eigenvalue weighted by molar-refractivity contribution is -0.137. The summed E-state index contributed by atoms with van der Waals surface area (Å²) in [4.78, 5) is 10.5. The van der Waals surface area contributed by atoms with Gasteiger partial charge in [-0.2, -0.15) is 12.6 Å². The SMILES string of the molecule is CC(C)(CS)CC(C)(C)CCC(=O)O. The predicted molar refractivity (Wildman–Crippen MR) is 62.9 cm³/mol. The van der Waals surface area contributed by atoms with Crippen LogP contribution in [-0.4, -0.2) is 16.8 Å². The molecule has 0 rings (SSSR count). The number of carbonyl (C=O) groups is 1. The molecule has 84 valence electrons. The van der Waals surface area contributed by atoms with E-state index in [4.69, 9.17) is 5.11 Å². The van der Waals surface area contributed by atoms with Crippen molar-refractivity contribution >= 4 is 18.6 Å². The van der Waals surface area contributed by atoms with E-state index in [0.29, 0.717) is 0 Å². The molecule has 3 heteroatoms. The molecule has 0 spiro atoms. The third kappa shape index (κ3) is 6.30. The Labute approximate surface area is 92.5 Å². The van der Waals surface area contributed by atoms with Gasteiger partial charge >= 0.3 is 5.97 Å². The van der Waals surface area contributed by atoms with Gasteiger partial charge in [-0.3, -0.25) is 4.79 Å². The van der Waals surface area contributed by atoms with Gasteiger partial charge in [0.1, 0.15) is 0 Å². The van der Waals surface area contributed by atoms with E-state index in [2.05, 4.69) is 40.3 Å². The smallest absolute Gasteiger partial charge is 0.303 e. The second-order valence-corrected chi connectivity index (χ2v) is 5.87. The maximum absolute atomic E-state index is 10.5. The van der Waals surface area contributed by atoms with Crippen LogP contribution < -0.4 is 0 Å². The lowest BCUT2D eigenvalue weighted by atomic mass is 9.74. The Morgan fingerprint density at radius 1 is 1.21 bits per heavy atom. The van der Waals surface area contributed by atoms with Crippen LogP contribution in [0.5, 0.6) is 0 Å². The van der Waals surface area contributed by atoms with E-state index in [-0.39, 0.29) is 17.3 Å². The molecule has 1 N–H and O–H groups in total. The summed E-state index contributed by atoms with van der Waals surface area (Å²) in [6.45, 7) is 8.59. The third-order valence-corrected chi connectivity index (χ3v) is 3.26. The Bertz CT molecular complexity index is 197. The Balaban J connectivity index is 4.12. The highest BCUT2D eigenvalue weighted by atomic mass is 32.1. The first-order valence-corrected chi connectivity index (χ1v) is 5.64. The van der Waals surface area contributed by atoms with Gasteiger partial charge < -0.3 is 5.11 Å². The number of aliphatic carboxylic acids is 1. The second kappa shape index (κ2) is 5.06. The molecule has 0 aliphatic rings. The summed E-state index contributed by atoms with van der Waals surface area (Å²) in [6, 6.07) is 0. The minimum absolute atomic E-state index is 0.0879. The zero-order valence-corrected chi connectivity index (χ0v) is 10.5. The summed E-state index contributed by atoms with van der Waals surface area (Å²) in [5.74, 6) is 0.130. The van der Waals surface area contributed by atoms with E-state index >= 15 is 0 Å². The molecule has 14 heavy (non-hydrogen) atoms. The van der Waals surface area contributed by atoms with E-state index in [0.717, 1.165) is 18.6 Å². The van der Waals surface area contributed by atoms with Gasteiger partial charge in [-0.05, 0) is 29.4 Å². The summed E-state index contributed by atoms with van der Waals surface area (Å²) in [7, 11) is 0. The van der Waals surface area contributed by atoms with Crippen LogP contribution >= 0.6 is 12.6 Å². The fraction of sp³-hybridized carbons (Fsp3) is 0.909. The Kier molecular flexibility index (Phi) is 4.99. The molecule has 0 aromatic rings. The summed E-state index contributed by atoms with van der Waals surface area (Å²) >= 11 is 4.31. The van der Waals surface area contributed by atoms with Gasteiger partial charge in [-0.15, -0.1) is 0 Å². The minimum Gasteiger partial charge on any atom is -0.481 e. The molecule has 0 fully saturated rings. The number of rotatable bonds is 6. The van der Waals surface area contributed by atoms with Crippen LogP contribution in [-0.2, 0) is 4.79 Å². The van der Waals surface area contributed by atoms with Gasteiger partial charge in [-0.25, -0.2) is 0 Å². The predicted octanol–water partition coefficient (Wildman–Crippen LogP) is 3.22. The van der Waals surface area contributed by atoms with Gasteiger partial charge in [-0.1, -0.05) is 27.7 Å². The standard InChI is InChI=1S/C11H22O2S/c1-10(2,6-5-9(12)13)7-11(3,4)8-14/h14H,5-8H2,1-4H3,(H,12,13). The summed E-state index contributed by atoms with van der Waals surface area (Å²) in [5, 5.41) is 8.62. The van der Waals surface area contributed by atoms with Crippen LogP contribution in [0.1, 0.15) is 47.0 Å². The van der Waals surface area contributed by atoms with Gasteiger partial charge in [0.05, 0.1) is 0 Å². The molecule has 0 aromatic heterocycles. The van der Waals surface area contributed by atoms with Crippen LogP contribution in [0, 0.1) is 10.8 Å². The van der Waals surface area contributed by atoms with E-state index < -0.39 is 5.97 Å². The second-order valence-electron chi connectivity index (χ2n) is 5.56. The first-order valence-electron chi connectivity index (χ1n) is 5.01. The third-order valence-electron chi connectivity index (χ3n) is 2.40. The first kappa shape index (κ1) is 13.8. The molecule has 0 saturated heterocycles. The van der Waals surface area contributed by atoms with Gasteiger partial charge in [0.15, 0.2) is 0 Å². The van der Waals surface area contributed by atoms with Crippen LogP contribution in [0.4, 0.5) is 0 Å². The van der Waals surface area contributed by atoms with Crippen LogP contribution in [0.15, 0.2) is 0 Å². The Morgan fingerprint density at radius 3 is 2.07 bits per heavy atom. The number of carboxylic acid groups (broad SMARTS) is 1. The van der Waals surface area contributed by atoms with Crippen molar-refractivity contribution in [3.8, 4) is 0 Å². The molecule has 0 atom stereocenters. The molecular formula is C11H22O2S. The highest BCUT2D eigenvalue weighted by Gasteiger charge is 2.28. The molecule has 0 aliphatic heterocycles. The number of hydrogen-bond acceptors (Lipinski definition) is 2. The fourth-order valence-electron chi connectivity index (χ4n) is 1.89. The number of carboxylic acids is 1. The van der Waals surface area contributed by atoms with Crippen molar-refractivity contribution in [2.75, 3.05) is 5.75 Å². The normalized spacial score (nSPS) is 12.9. The lowest BCUT2D eigenvalue weighted by Gasteiger charge is -2.33. The Morgan fingerprint density at radius 2 is 1.71 bits per heavy atom. The molecule has 0 heterocycles. The highest BCUT2D eigenvalue weighted by molar-refractivity contribution is 7.80. The summed E-state index contributed by atoms with van der Waals surface area (Å²) in [5.41, 5.74) is 0.274. The largest absolute Gasteiger partial charge is 0.481 e. The lowest BCUT2D eigenvalue weighted by Crippen LogP contribution is -2.25. The average molecular weight is 218 g/mol. The van der Waals surface area contributed by atoms with Crippen LogP contribution in [0.3, 0.4) is 0 Å². The van der Waals surface area contributed by atoms with Crippen molar-refractivity contribution < 1.29 is 9.90 Å². The van der Waals surface area contributed by atoms with Gasteiger partial charge in [0.2, 0.25) is 0 Å². The van der Waals surface area contributed by atoms with E-state index in [1.54, 1.807) is 0 Å².